The summed E-state index contributed by atoms with van der Waals surface area (Å²) >= 11 is 0. The highest BCUT2D eigenvalue weighted by Gasteiger charge is 2.42. The van der Waals surface area contributed by atoms with Crippen molar-refractivity contribution in [2.75, 3.05) is 20.2 Å². The minimum Gasteiger partial charge on any atom is -0.497 e. The summed E-state index contributed by atoms with van der Waals surface area (Å²) in [6.07, 6.45) is -2.10. The average Bonchev–Trinajstić information content (AvgIpc) is 2.99. The lowest BCUT2D eigenvalue weighted by Gasteiger charge is -2.42. The summed E-state index contributed by atoms with van der Waals surface area (Å²) in [4.78, 5) is 55.3. The van der Waals surface area contributed by atoms with Crippen molar-refractivity contribution < 1.29 is 33.8 Å². The fraction of sp³-hybridized carbons (Fsp3) is 0.290. The Hall–Kier alpha value is -4.86. The van der Waals surface area contributed by atoms with Gasteiger partial charge in [-0.15, -0.1) is 0 Å². The fourth-order valence-corrected chi connectivity index (χ4v) is 4.80. The quantitative estimate of drug-likeness (QED) is 0.404. The summed E-state index contributed by atoms with van der Waals surface area (Å²) in [5.41, 5.74) is 2.54. The molecule has 41 heavy (non-hydrogen) atoms. The highest BCUT2D eigenvalue weighted by molar-refractivity contribution is 5.99. The van der Waals surface area contributed by atoms with E-state index in [0.717, 1.165) is 11.1 Å². The van der Waals surface area contributed by atoms with E-state index >= 15 is 0 Å². The summed E-state index contributed by atoms with van der Waals surface area (Å²) < 4.78 is 10.8. The van der Waals surface area contributed by atoms with Crippen molar-refractivity contribution in [3.8, 4) is 5.75 Å². The van der Waals surface area contributed by atoms with Gasteiger partial charge in [0, 0.05) is 18.7 Å². The third-order valence-electron chi connectivity index (χ3n) is 6.78. The molecule has 1 aliphatic rings. The van der Waals surface area contributed by atoms with Crippen LogP contribution in [0.15, 0.2) is 78.9 Å². The van der Waals surface area contributed by atoms with Crippen LogP contribution in [-0.2, 0) is 20.9 Å². The Labute approximate surface area is 238 Å². The molecule has 0 saturated carbocycles. The first kappa shape index (κ1) is 29.1. The second-order valence-corrected chi connectivity index (χ2v) is 9.76. The third-order valence-corrected chi connectivity index (χ3v) is 6.78. The van der Waals surface area contributed by atoms with Crippen molar-refractivity contribution in [1.82, 2.24) is 15.1 Å². The van der Waals surface area contributed by atoms with E-state index in [9.17, 15) is 24.3 Å². The average molecular weight is 560 g/mol. The van der Waals surface area contributed by atoms with Crippen LogP contribution < -0.4 is 10.1 Å². The van der Waals surface area contributed by atoms with Gasteiger partial charge in [-0.25, -0.2) is 4.79 Å². The molecule has 0 bridgehead atoms. The Kier molecular flexibility index (Phi) is 9.57. The number of ether oxygens (including phenoxy) is 2. The zero-order chi connectivity index (χ0) is 29.4. The van der Waals surface area contributed by atoms with Crippen molar-refractivity contribution in [2.45, 2.75) is 38.6 Å². The van der Waals surface area contributed by atoms with Gasteiger partial charge < -0.3 is 24.8 Å². The van der Waals surface area contributed by atoms with Gasteiger partial charge >= 0.3 is 12.1 Å². The van der Waals surface area contributed by atoms with Crippen LogP contribution in [0.25, 0.3) is 0 Å². The highest BCUT2D eigenvalue weighted by Crippen LogP contribution is 2.24. The molecule has 3 aromatic carbocycles. The Morgan fingerprint density at radius 2 is 1.68 bits per heavy atom. The van der Waals surface area contributed by atoms with Gasteiger partial charge in [0.05, 0.1) is 19.6 Å². The molecular formula is C31H33N3O7. The maximum atomic E-state index is 13.9. The lowest BCUT2D eigenvalue weighted by atomic mass is 10.0. The summed E-state index contributed by atoms with van der Waals surface area (Å²) in [6.45, 7) is 2.22. The first-order chi connectivity index (χ1) is 19.8. The maximum Gasteiger partial charge on any atom is 0.412 e. The topological polar surface area (TPSA) is 125 Å². The first-order valence-corrected chi connectivity index (χ1v) is 13.3. The number of aliphatic carboxylic acids is 1. The Balaban J connectivity index is 1.65. The van der Waals surface area contributed by atoms with Gasteiger partial charge in [-0.1, -0.05) is 66.2 Å². The SMILES string of the molecule is COc1cccc(C(=O)N2CCCN(C(=O)OCc3ccccc3)C2C(=O)NC(CC(=O)O)c2cccc(C)c2)c1. The fourth-order valence-electron chi connectivity index (χ4n) is 4.80. The van der Waals surface area contributed by atoms with Gasteiger partial charge in [0.25, 0.3) is 11.8 Å². The standard InChI is InChI=1S/C31H33N3O7/c1-21-9-6-12-23(17-21)26(19-27(35)36)32-28(37)29-33(30(38)24-13-7-14-25(18-24)40-2)15-8-16-34(29)31(39)41-20-22-10-4-3-5-11-22/h3-7,9-14,17-18,26,29H,8,15-16,19-20H2,1-2H3,(H,32,37)(H,35,36). The van der Waals surface area contributed by atoms with Crippen LogP contribution in [0.2, 0.25) is 0 Å². The maximum absolute atomic E-state index is 13.9. The smallest absolute Gasteiger partial charge is 0.412 e. The molecule has 0 aromatic heterocycles. The van der Waals surface area contributed by atoms with Crippen LogP contribution in [0.3, 0.4) is 0 Å². The third kappa shape index (κ3) is 7.42. The number of carboxylic acids is 1. The van der Waals surface area contributed by atoms with Gasteiger partial charge in [0.1, 0.15) is 12.4 Å². The molecule has 10 heteroatoms. The summed E-state index contributed by atoms with van der Waals surface area (Å²) in [5, 5.41) is 12.4. The minimum atomic E-state index is -1.37. The lowest BCUT2D eigenvalue weighted by molar-refractivity contribution is -0.139. The number of methoxy groups -OCH3 is 1. The molecule has 1 fully saturated rings. The number of hydrogen-bond acceptors (Lipinski definition) is 6. The van der Waals surface area contributed by atoms with Crippen molar-refractivity contribution >= 4 is 23.9 Å². The van der Waals surface area contributed by atoms with E-state index in [4.69, 9.17) is 9.47 Å². The number of benzene rings is 3. The molecule has 214 valence electrons. The Morgan fingerprint density at radius 1 is 0.951 bits per heavy atom. The van der Waals surface area contributed by atoms with Crippen LogP contribution in [0.5, 0.6) is 5.75 Å². The van der Waals surface area contributed by atoms with Crippen molar-refractivity contribution in [2.24, 2.45) is 0 Å². The molecule has 3 amide bonds. The largest absolute Gasteiger partial charge is 0.497 e. The van der Waals surface area contributed by atoms with E-state index in [1.807, 2.05) is 43.3 Å². The number of nitrogens with zero attached hydrogens (tertiary/aromatic N) is 2. The Bertz CT molecular complexity index is 1400. The van der Waals surface area contributed by atoms with Crippen LogP contribution in [0, 0.1) is 6.92 Å². The number of amides is 3. The zero-order valence-electron chi connectivity index (χ0n) is 23.0. The summed E-state index contributed by atoms with van der Waals surface area (Å²) in [5.74, 6) is -1.81. The van der Waals surface area contributed by atoms with Crippen molar-refractivity contribution in [1.29, 1.82) is 0 Å². The van der Waals surface area contributed by atoms with E-state index in [1.54, 1.807) is 42.5 Å². The zero-order valence-corrected chi connectivity index (χ0v) is 23.0. The molecule has 1 heterocycles. The molecule has 0 aliphatic carbocycles. The minimum absolute atomic E-state index is 0.0146. The van der Waals surface area contributed by atoms with E-state index < -0.39 is 36.1 Å². The number of aryl methyl sites for hydroxylation is 1. The van der Waals surface area contributed by atoms with Gasteiger partial charge in [-0.3, -0.25) is 19.3 Å². The lowest BCUT2D eigenvalue weighted by Crippen LogP contribution is -2.63. The van der Waals surface area contributed by atoms with Gasteiger partial charge in [0.2, 0.25) is 0 Å². The number of hydrogen-bond donors (Lipinski definition) is 2. The molecule has 4 rings (SSSR count). The molecule has 2 atom stereocenters. The van der Waals surface area contributed by atoms with Crippen molar-refractivity contribution in [3.63, 3.8) is 0 Å². The Morgan fingerprint density at radius 3 is 2.39 bits per heavy atom. The number of nitrogens with one attached hydrogen (secondary N) is 1. The molecule has 2 N–H and O–H groups in total. The summed E-state index contributed by atoms with van der Waals surface area (Å²) in [6, 6.07) is 21.9. The highest BCUT2D eigenvalue weighted by atomic mass is 16.6. The normalized spacial score (nSPS) is 15.5. The number of carbonyl (C=O) groups excluding carboxylic acids is 3. The van der Waals surface area contributed by atoms with Crippen molar-refractivity contribution in [3.05, 3.63) is 101 Å². The summed E-state index contributed by atoms with van der Waals surface area (Å²) in [7, 11) is 1.49. The second kappa shape index (κ2) is 13.5. The predicted octanol–water partition coefficient (Wildman–Crippen LogP) is 4.15. The number of carbonyl (C=O) groups is 4. The molecule has 0 radical (unpaired) electrons. The number of carboxylic acid groups (broad SMARTS) is 1. The predicted molar refractivity (Wildman–Crippen MR) is 150 cm³/mol. The van der Waals surface area contributed by atoms with E-state index in [1.165, 1.54) is 16.9 Å². The van der Waals surface area contributed by atoms with E-state index in [-0.39, 0.29) is 31.7 Å². The second-order valence-electron chi connectivity index (χ2n) is 9.76. The monoisotopic (exact) mass is 559 g/mol. The molecule has 10 nitrogen and oxygen atoms in total. The molecule has 1 aliphatic heterocycles. The van der Waals surface area contributed by atoms with Crippen LogP contribution >= 0.6 is 0 Å². The first-order valence-electron chi connectivity index (χ1n) is 13.3. The molecule has 0 spiro atoms. The van der Waals surface area contributed by atoms with Crippen LogP contribution in [-0.4, -0.2) is 65.1 Å². The van der Waals surface area contributed by atoms with Gasteiger partial charge in [-0.2, -0.15) is 0 Å². The van der Waals surface area contributed by atoms with E-state index in [0.29, 0.717) is 17.7 Å². The van der Waals surface area contributed by atoms with E-state index in [2.05, 4.69) is 5.32 Å². The molecular weight excluding hydrogens is 526 g/mol. The van der Waals surface area contributed by atoms with Gasteiger partial charge in [-0.05, 0) is 42.7 Å². The molecule has 2 unspecified atom stereocenters. The number of rotatable bonds is 9. The molecule has 3 aromatic rings. The van der Waals surface area contributed by atoms with Crippen LogP contribution in [0.4, 0.5) is 4.79 Å². The molecule has 1 saturated heterocycles. The van der Waals surface area contributed by atoms with Crippen LogP contribution in [0.1, 0.15) is 45.9 Å². The van der Waals surface area contributed by atoms with Gasteiger partial charge in [0.15, 0.2) is 6.17 Å².